The average Bonchev–Trinajstić information content (AvgIpc) is 2.04. The van der Waals surface area contributed by atoms with Crippen LogP contribution in [0.15, 0.2) is 0 Å². The summed E-state index contributed by atoms with van der Waals surface area (Å²) in [5, 5.41) is 3.67. The molecule has 0 aromatic heterocycles. The van der Waals surface area contributed by atoms with Crippen molar-refractivity contribution in [3.8, 4) is 0 Å². The normalized spacial score (nSPS) is 45.0. The van der Waals surface area contributed by atoms with E-state index in [-0.39, 0.29) is 0 Å². The molecule has 1 aliphatic heterocycles. The molecule has 64 valence electrons. The van der Waals surface area contributed by atoms with E-state index in [4.69, 9.17) is 0 Å². The molecule has 0 bridgehead atoms. The molecule has 1 nitrogen and oxygen atoms in total. The molecule has 1 heteroatoms. The molecule has 0 aromatic rings. The van der Waals surface area contributed by atoms with Gasteiger partial charge < -0.3 is 5.32 Å². The summed E-state index contributed by atoms with van der Waals surface area (Å²) in [7, 11) is 0. The Bertz CT molecular complexity index is 133. The Balaban J connectivity index is 1.93. The van der Waals surface area contributed by atoms with Gasteiger partial charge in [-0.3, -0.25) is 0 Å². The van der Waals surface area contributed by atoms with E-state index in [2.05, 4.69) is 12.2 Å². The first kappa shape index (κ1) is 7.60. The molecule has 2 aliphatic rings. The number of hydrogen-bond donors (Lipinski definition) is 1. The zero-order chi connectivity index (χ0) is 7.68. The van der Waals surface area contributed by atoms with E-state index in [1.165, 1.54) is 38.6 Å². The Hall–Kier alpha value is -0.0400. The summed E-state index contributed by atoms with van der Waals surface area (Å²) in [6.07, 6.45) is 7.36. The summed E-state index contributed by atoms with van der Waals surface area (Å²) >= 11 is 0. The van der Waals surface area contributed by atoms with Gasteiger partial charge in [-0.2, -0.15) is 0 Å². The van der Waals surface area contributed by atoms with Gasteiger partial charge in [-0.25, -0.2) is 0 Å². The van der Waals surface area contributed by atoms with Gasteiger partial charge >= 0.3 is 0 Å². The van der Waals surface area contributed by atoms with E-state index in [0.29, 0.717) is 0 Å². The van der Waals surface area contributed by atoms with Gasteiger partial charge in [-0.15, -0.1) is 0 Å². The van der Waals surface area contributed by atoms with E-state index in [1.54, 1.807) is 0 Å². The van der Waals surface area contributed by atoms with Crippen molar-refractivity contribution in [2.45, 2.75) is 45.1 Å². The Morgan fingerprint density at radius 2 is 2.00 bits per heavy atom. The van der Waals surface area contributed by atoms with E-state index >= 15 is 0 Å². The van der Waals surface area contributed by atoms with Crippen LogP contribution < -0.4 is 5.32 Å². The molecule has 0 amide bonds. The van der Waals surface area contributed by atoms with Crippen LogP contribution in [-0.4, -0.2) is 12.6 Å². The maximum absolute atomic E-state index is 3.67. The molecule has 2 rings (SSSR count). The summed E-state index contributed by atoms with van der Waals surface area (Å²) in [6.45, 7) is 3.64. The number of fused-ring (bicyclic) bond motifs is 1. The first-order valence-corrected chi connectivity index (χ1v) is 5.09. The lowest BCUT2D eigenvalue weighted by Crippen LogP contribution is -2.46. The highest BCUT2D eigenvalue weighted by Gasteiger charge is 2.29. The summed E-state index contributed by atoms with van der Waals surface area (Å²) in [4.78, 5) is 0. The molecule has 1 saturated carbocycles. The lowest BCUT2D eigenvalue weighted by atomic mass is 9.77. The van der Waals surface area contributed by atoms with E-state index in [9.17, 15) is 0 Å². The standard InChI is InChI=1S/C10H19N/c1-8-6-9-4-2-3-5-10(9)11-7-8/h8-11H,2-7H2,1H3/t8-,9-,10-/m1/s1. The molecule has 0 unspecified atom stereocenters. The zero-order valence-corrected chi connectivity index (χ0v) is 7.47. The minimum atomic E-state index is 0.889. The molecule has 11 heavy (non-hydrogen) atoms. The molecular formula is C10H19N. The predicted octanol–water partition coefficient (Wildman–Crippen LogP) is 2.17. The largest absolute Gasteiger partial charge is 0.313 e. The van der Waals surface area contributed by atoms with Crippen LogP contribution in [-0.2, 0) is 0 Å². The second kappa shape index (κ2) is 3.14. The van der Waals surface area contributed by atoms with Crippen LogP contribution >= 0.6 is 0 Å². The van der Waals surface area contributed by atoms with Crippen LogP contribution in [0.1, 0.15) is 39.0 Å². The maximum Gasteiger partial charge on any atom is 0.00955 e. The van der Waals surface area contributed by atoms with Crippen LogP contribution in [0.3, 0.4) is 0 Å². The predicted molar refractivity (Wildman–Crippen MR) is 47.5 cm³/mol. The third kappa shape index (κ3) is 1.58. The van der Waals surface area contributed by atoms with Crippen LogP contribution in [0.2, 0.25) is 0 Å². The topological polar surface area (TPSA) is 12.0 Å². The lowest BCUT2D eigenvalue weighted by Gasteiger charge is -2.39. The minimum Gasteiger partial charge on any atom is -0.313 e. The molecular weight excluding hydrogens is 134 g/mol. The third-order valence-corrected chi connectivity index (χ3v) is 3.34. The summed E-state index contributed by atoms with van der Waals surface area (Å²) < 4.78 is 0. The minimum absolute atomic E-state index is 0.889. The molecule has 3 atom stereocenters. The summed E-state index contributed by atoms with van der Waals surface area (Å²) in [5.74, 6) is 1.95. The molecule has 1 N–H and O–H groups in total. The lowest BCUT2D eigenvalue weighted by molar-refractivity contribution is 0.175. The Morgan fingerprint density at radius 1 is 1.18 bits per heavy atom. The molecule has 1 saturated heterocycles. The molecule has 2 fully saturated rings. The second-order valence-electron chi connectivity index (χ2n) is 4.40. The van der Waals surface area contributed by atoms with Crippen LogP contribution in [0.25, 0.3) is 0 Å². The number of piperidine rings is 1. The van der Waals surface area contributed by atoms with Gasteiger partial charge in [0.15, 0.2) is 0 Å². The van der Waals surface area contributed by atoms with E-state index in [0.717, 1.165) is 17.9 Å². The van der Waals surface area contributed by atoms with Crippen LogP contribution in [0.4, 0.5) is 0 Å². The molecule has 1 aliphatic carbocycles. The number of nitrogens with one attached hydrogen (secondary N) is 1. The van der Waals surface area contributed by atoms with Crippen molar-refractivity contribution < 1.29 is 0 Å². The van der Waals surface area contributed by atoms with Crippen molar-refractivity contribution in [3.63, 3.8) is 0 Å². The Kier molecular flexibility index (Phi) is 2.17. The maximum atomic E-state index is 3.67. The Morgan fingerprint density at radius 3 is 2.91 bits per heavy atom. The fourth-order valence-electron chi connectivity index (χ4n) is 2.71. The van der Waals surface area contributed by atoms with Crippen molar-refractivity contribution in [2.75, 3.05) is 6.54 Å². The average molecular weight is 153 g/mol. The van der Waals surface area contributed by atoms with Gasteiger partial charge in [0, 0.05) is 6.04 Å². The first-order valence-electron chi connectivity index (χ1n) is 5.09. The van der Waals surface area contributed by atoms with Crippen molar-refractivity contribution in [1.82, 2.24) is 5.32 Å². The van der Waals surface area contributed by atoms with Gasteiger partial charge in [0.25, 0.3) is 0 Å². The van der Waals surface area contributed by atoms with Crippen molar-refractivity contribution in [1.29, 1.82) is 0 Å². The van der Waals surface area contributed by atoms with Crippen molar-refractivity contribution >= 4 is 0 Å². The highest BCUT2D eigenvalue weighted by molar-refractivity contribution is 4.86. The highest BCUT2D eigenvalue weighted by Crippen LogP contribution is 2.32. The molecule has 0 radical (unpaired) electrons. The molecule has 0 aromatic carbocycles. The fourth-order valence-corrected chi connectivity index (χ4v) is 2.71. The fraction of sp³-hybridized carbons (Fsp3) is 1.00. The first-order chi connectivity index (χ1) is 5.36. The van der Waals surface area contributed by atoms with Gasteiger partial charge in [-0.1, -0.05) is 19.8 Å². The van der Waals surface area contributed by atoms with E-state index < -0.39 is 0 Å². The summed E-state index contributed by atoms with van der Waals surface area (Å²) in [6, 6.07) is 0.889. The van der Waals surface area contributed by atoms with Crippen LogP contribution in [0.5, 0.6) is 0 Å². The second-order valence-corrected chi connectivity index (χ2v) is 4.40. The third-order valence-electron chi connectivity index (χ3n) is 3.34. The monoisotopic (exact) mass is 153 g/mol. The van der Waals surface area contributed by atoms with Gasteiger partial charge in [0.2, 0.25) is 0 Å². The summed E-state index contributed by atoms with van der Waals surface area (Å²) in [5.41, 5.74) is 0. The SMILES string of the molecule is C[C@H]1CN[C@@H]2CCCC[C@@H]2C1. The van der Waals surface area contributed by atoms with E-state index in [1.807, 2.05) is 0 Å². The zero-order valence-electron chi connectivity index (χ0n) is 7.47. The van der Waals surface area contributed by atoms with Gasteiger partial charge in [0.05, 0.1) is 0 Å². The number of rotatable bonds is 0. The highest BCUT2D eigenvalue weighted by atomic mass is 14.9. The van der Waals surface area contributed by atoms with Crippen molar-refractivity contribution in [2.24, 2.45) is 11.8 Å². The molecule has 0 spiro atoms. The van der Waals surface area contributed by atoms with Gasteiger partial charge in [-0.05, 0) is 37.6 Å². The Labute approximate surface area is 69.6 Å². The van der Waals surface area contributed by atoms with Crippen molar-refractivity contribution in [3.05, 3.63) is 0 Å². The quantitative estimate of drug-likeness (QED) is 0.562. The smallest absolute Gasteiger partial charge is 0.00955 e. The number of hydrogen-bond acceptors (Lipinski definition) is 1. The molecule has 1 heterocycles. The van der Waals surface area contributed by atoms with Crippen LogP contribution in [0, 0.1) is 11.8 Å². The van der Waals surface area contributed by atoms with Gasteiger partial charge in [0.1, 0.15) is 0 Å².